The maximum atomic E-state index is 12.9. The quantitative estimate of drug-likeness (QED) is 0.668. The number of nitrogens with zero attached hydrogens (tertiary/aromatic N) is 2. The van der Waals surface area contributed by atoms with Crippen LogP contribution in [0.5, 0.6) is 0 Å². The Morgan fingerprint density at radius 3 is 2.39 bits per heavy atom. The molecule has 1 aliphatic carbocycles. The Balaban J connectivity index is 2.10. The van der Waals surface area contributed by atoms with E-state index in [2.05, 4.69) is 13.8 Å². The molecule has 2 aliphatic rings. The van der Waals surface area contributed by atoms with Gasteiger partial charge in [-0.15, -0.1) is 0 Å². The van der Waals surface area contributed by atoms with Crippen molar-refractivity contribution in [3.05, 3.63) is 0 Å². The van der Waals surface area contributed by atoms with Gasteiger partial charge in [-0.05, 0) is 38.0 Å². The van der Waals surface area contributed by atoms with E-state index in [4.69, 9.17) is 9.47 Å². The van der Waals surface area contributed by atoms with E-state index in [1.54, 1.807) is 4.90 Å². The molecule has 1 aliphatic heterocycles. The maximum absolute atomic E-state index is 12.9. The number of aliphatic hydroxyl groups is 2. The van der Waals surface area contributed by atoms with Crippen molar-refractivity contribution in [2.45, 2.75) is 77.6 Å². The van der Waals surface area contributed by atoms with Crippen LogP contribution >= 0.6 is 0 Å². The summed E-state index contributed by atoms with van der Waals surface area (Å²) in [6, 6.07) is 0. The predicted octanol–water partition coefficient (Wildman–Crippen LogP) is 1.43. The smallest absolute Gasteiger partial charge is 0.225 e. The third kappa shape index (κ3) is 8.67. The maximum Gasteiger partial charge on any atom is 0.225 e. The van der Waals surface area contributed by atoms with Crippen LogP contribution in [0.4, 0.5) is 0 Å². The lowest BCUT2D eigenvalue weighted by atomic mass is 9.84. The van der Waals surface area contributed by atoms with E-state index in [9.17, 15) is 19.8 Å². The fraction of sp³-hybridized carbons (Fsp3) is 0.913. The van der Waals surface area contributed by atoms with Crippen molar-refractivity contribution in [2.75, 3.05) is 46.0 Å². The van der Waals surface area contributed by atoms with E-state index in [0.29, 0.717) is 38.8 Å². The van der Waals surface area contributed by atoms with Crippen molar-refractivity contribution < 1.29 is 29.3 Å². The van der Waals surface area contributed by atoms with E-state index in [-0.39, 0.29) is 30.9 Å². The zero-order chi connectivity index (χ0) is 22.8. The number of aliphatic hydroxyl groups excluding tert-OH is 2. The monoisotopic (exact) mass is 442 g/mol. The highest BCUT2D eigenvalue weighted by atomic mass is 16.5. The lowest BCUT2D eigenvalue weighted by Gasteiger charge is -2.35. The minimum atomic E-state index is -1.16. The third-order valence-corrected chi connectivity index (χ3v) is 6.31. The summed E-state index contributed by atoms with van der Waals surface area (Å²) >= 11 is 0. The molecule has 0 unspecified atom stereocenters. The van der Waals surface area contributed by atoms with Crippen LogP contribution in [0.1, 0.15) is 59.3 Å². The molecule has 0 bridgehead atoms. The number of amides is 2. The van der Waals surface area contributed by atoms with Crippen LogP contribution in [0.25, 0.3) is 0 Å². The van der Waals surface area contributed by atoms with Crippen LogP contribution in [-0.4, -0.2) is 96.1 Å². The van der Waals surface area contributed by atoms with Gasteiger partial charge in [0.25, 0.3) is 0 Å². The molecule has 0 aromatic rings. The summed E-state index contributed by atoms with van der Waals surface area (Å²) in [7, 11) is 0. The lowest BCUT2D eigenvalue weighted by molar-refractivity contribution is -0.144. The molecule has 1 saturated carbocycles. The molecule has 2 rings (SSSR count). The van der Waals surface area contributed by atoms with Gasteiger partial charge in [-0.2, -0.15) is 0 Å². The van der Waals surface area contributed by atoms with E-state index < -0.39 is 18.3 Å². The zero-order valence-corrected chi connectivity index (χ0v) is 19.5. The van der Waals surface area contributed by atoms with Gasteiger partial charge in [0.15, 0.2) is 0 Å². The average Bonchev–Trinajstić information content (AvgIpc) is 2.67. The fourth-order valence-corrected chi connectivity index (χ4v) is 3.85. The number of carbonyl (C=O) groups is 2. The number of ether oxygens (including phenoxy) is 2. The Labute approximate surface area is 186 Å². The number of rotatable bonds is 5. The second-order valence-corrected chi connectivity index (χ2v) is 9.35. The SMILES string of the molecule is CC(=O)N1CCN(C(=O)C2CCC2)CCCCOC[C@@H](O)[C@@H](O)[C@H](OCCC(C)C)C1. The molecule has 0 radical (unpaired) electrons. The minimum absolute atomic E-state index is 0.00992. The molecule has 0 aromatic carbocycles. The van der Waals surface area contributed by atoms with Gasteiger partial charge in [-0.25, -0.2) is 0 Å². The van der Waals surface area contributed by atoms with Crippen molar-refractivity contribution in [3.8, 4) is 0 Å². The first-order valence-electron chi connectivity index (χ1n) is 11.9. The van der Waals surface area contributed by atoms with Gasteiger partial charge in [0.2, 0.25) is 11.8 Å². The summed E-state index contributed by atoms with van der Waals surface area (Å²) in [6.45, 7) is 8.23. The second kappa shape index (κ2) is 13.4. The molecule has 8 heteroatoms. The summed E-state index contributed by atoms with van der Waals surface area (Å²) in [5.74, 6) is 0.602. The molecular weight excluding hydrogens is 400 g/mol. The minimum Gasteiger partial charge on any atom is -0.388 e. The van der Waals surface area contributed by atoms with Gasteiger partial charge in [0.1, 0.15) is 18.3 Å². The van der Waals surface area contributed by atoms with Crippen LogP contribution in [-0.2, 0) is 19.1 Å². The standard InChI is InChI=1S/C23H42N2O6/c1-17(2)9-14-31-21-15-25(18(3)26)12-11-24(23(29)19-7-6-8-19)10-4-5-13-30-16-20(27)22(21)28/h17,19-22,27-28H,4-16H2,1-3H3/t20-,21-,22-/m1/s1. The Hall–Kier alpha value is -1.22. The van der Waals surface area contributed by atoms with Crippen molar-refractivity contribution in [2.24, 2.45) is 11.8 Å². The van der Waals surface area contributed by atoms with Crippen LogP contribution < -0.4 is 0 Å². The van der Waals surface area contributed by atoms with Crippen molar-refractivity contribution in [1.82, 2.24) is 9.80 Å². The Morgan fingerprint density at radius 1 is 1.06 bits per heavy atom. The van der Waals surface area contributed by atoms with Gasteiger partial charge >= 0.3 is 0 Å². The molecule has 1 heterocycles. The lowest BCUT2D eigenvalue weighted by Crippen LogP contribution is -2.51. The van der Waals surface area contributed by atoms with Crippen LogP contribution in [0.2, 0.25) is 0 Å². The van der Waals surface area contributed by atoms with Gasteiger partial charge in [0, 0.05) is 52.2 Å². The highest BCUT2D eigenvalue weighted by Gasteiger charge is 2.32. The molecule has 1 saturated heterocycles. The summed E-state index contributed by atoms with van der Waals surface area (Å²) in [4.78, 5) is 28.7. The Morgan fingerprint density at radius 2 is 1.77 bits per heavy atom. The normalized spacial score (nSPS) is 27.6. The van der Waals surface area contributed by atoms with Gasteiger partial charge in [-0.1, -0.05) is 20.3 Å². The molecule has 8 nitrogen and oxygen atoms in total. The largest absolute Gasteiger partial charge is 0.388 e. The summed E-state index contributed by atoms with van der Waals surface area (Å²) in [6.07, 6.45) is 2.42. The van der Waals surface area contributed by atoms with E-state index >= 15 is 0 Å². The first-order chi connectivity index (χ1) is 14.8. The molecule has 2 N–H and O–H groups in total. The Kier molecular flexibility index (Phi) is 11.2. The Bertz CT molecular complexity index is 554. The number of hydrogen-bond acceptors (Lipinski definition) is 6. The van der Waals surface area contributed by atoms with Gasteiger partial charge in [-0.3, -0.25) is 9.59 Å². The average molecular weight is 443 g/mol. The van der Waals surface area contributed by atoms with Crippen LogP contribution in [0.15, 0.2) is 0 Å². The molecule has 180 valence electrons. The molecule has 31 heavy (non-hydrogen) atoms. The summed E-state index contributed by atoms with van der Waals surface area (Å²) in [5.41, 5.74) is 0. The molecular formula is C23H42N2O6. The molecule has 3 atom stereocenters. The van der Waals surface area contributed by atoms with Crippen molar-refractivity contribution in [1.29, 1.82) is 0 Å². The first-order valence-corrected chi connectivity index (χ1v) is 11.9. The zero-order valence-electron chi connectivity index (χ0n) is 19.5. The second-order valence-electron chi connectivity index (χ2n) is 9.35. The highest BCUT2D eigenvalue weighted by Crippen LogP contribution is 2.28. The van der Waals surface area contributed by atoms with Gasteiger partial charge < -0.3 is 29.5 Å². The van der Waals surface area contributed by atoms with Crippen LogP contribution in [0.3, 0.4) is 0 Å². The third-order valence-electron chi connectivity index (χ3n) is 6.31. The molecule has 2 amide bonds. The highest BCUT2D eigenvalue weighted by molar-refractivity contribution is 5.79. The van der Waals surface area contributed by atoms with E-state index in [1.165, 1.54) is 6.92 Å². The number of carbonyl (C=O) groups excluding carboxylic acids is 2. The first kappa shape index (κ1) is 26.0. The summed E-state index contributed by atoms with van der Waals surface area (Å²) in [5, 5.41) is 21.1. The molecule has 0 aromatic heterocycles. The van der Waals surface area contributed by atoms with Gasteiger partial charge in [0.05, 0.1) is 6.61 Å². The topological polar surface area (TPSA) is 99.5 Å². The van der Waals surface area contributed by atoms with E-state index in [1.807, 2.05) is 4.90 Å². The van der Waals surface area contributed by atoms with Crippen molar-refractivity contribution >= 4 is 11.8 Å². The molecule has 0 spiro atoms. The molecule has 2 fully saturated rings. The summed E-state index contributed by atoms with van der Waals surface area (Å²) < 4.78 is 11.5. The predicted molar refractivity (Wildman–Crippen MR) is 117 cm³/mol. The van der Waals surface area contributed by atoms with Crippen LogP contribution in [0, 0.1) is 11.8 Å². The number of hydrogen-bond donors (Lipinski definition) is 2. The van der Waals surface area contributed by atoms with E-state index in [0.717, 1.165) is 38.5 Å². The fourth-order valence-electron chi connectivity index (χ4n) is 3.85. The van der Waals surface area contributed by atoms with Crippen molar-refractivity contribution in [3.63, 3.8) is 0 Å².